The number of amides is 1. The molecule has 6 nitrogen and oxygen atoms in total. The Bertz CT molecular complexity index is 1020. The summed E-state index contributed by atoms with van der Waals surface area (Å²) in [6, 6.07) is 10.7. The third kappa shape index (κ3) is 4.81. The van der Waals surface area contributed by atoms with Gasteiger partial charge in [0.25, 0.3) is 0 Å². The Labute approximate surface area is 169 Å². The number of nitrogens with two attached hydrogens (primary N) is 1. The number of aryl methyl sites for hydroxylation is 1. The lowest BCUT2D eigenvalue weighted by atomic mass is 10.0. The van der Waals surface area contributed by atoms with Crippen LogP contribution in [0.3, 0.4) is 0 Å². The van der Waals surface area contributed by atoms with Gasteiger partial charge in [0.1, 0.15) is 11.6 Å². The first kappa shape index (κ1) is 21.0. The average molecular weight is 398 g/mol. The molecule has 0 unspecified atom stereocenters. The topological polar surface area (TPSA) is 82.2 Å². The van der Waals surface area contributed by atoms with E-state index in [1.54, 1.807) is 19.9 Å². The Hall–Kier alpha value is -2.77. The molecule has 0 bridgehead atoms. The SMILES string of the molecule is CCOCCn1c(CN[C@@H](C)C(N)=O)nc2ccc(-c3ccc(F)c(C)c3)cc21. The molecule has 3 N–H and O–H groups in total. The van der Waals surface area contributed by atoms with Gasteiger partial charge in [-0.05, 0) is 61.7 Å². The highest BCUT2D eigenvalue weighted by Gasteiger charge is 2.15. The molecule has 1 heterocycles. The molecule has 29 heavy (non-hydrogen) atoms. The van der Waals surface area contributed by atoms with Crippen LogP contribution >= 0.6 is 0 Å². The van der Waals surface area contributed by atoms with Crippen LogP contribution in [0.5, 0.6) is 0 Å². The van der Waals surface area contributed by atoms with E-state index in [-0.39, 0.29) is 5.82 Å². The highest BCUT2D eigenvalue weighted by atomic mass is 19.1. The Morgan fingerprint density at radius 3 is 2.69 bits per heavy atom. The number of hydrogen-bond donors (Lipinski definition) is 2. The number of ether oxygens (including phenoxy) is 1. The number of halogens is 1. The standard InChI is InChI=1S/C22H27FN4O2/c1-4-29-10-9-27-20-12-17(16-5-7-18(23)14(2)11-16)6-8-19(20)26-21(27)13-25-15(3)22(24)28/h5-8,11-12,15,25H,4,9-10,13H2,1-3H3,(H2,24,28)/t15-/m0/s1. The summed E-state index contributed by atoms with van der Waals surface area (Å²) in [7, 11) is 0. The predicted octanol–water partition coefficient (Wildman–Crippen LogP) is 3.15. The van der Waals surface area contributed by atoms with Crippen molar-refractivity contribution >= 4 is 16.9 Å². The Balaban J connectivity index is 1.98. The summed E-state index contributed by atoms with van der Waals surface area (Å²) >= 11 is 0. The van der Waals surface area contributed by atoms with Crippen LogP contribution in [0.25, 0.3) is 22.2 Å². The number of rotatable bonds is 9. The van der Waals surface area contributed by atoms with E-state index in [1.807, 2.05) is 25.1 Å². The predicted molar refractivity (Wildman–Crippen MR) is 112 cm³/mol. The summed E-state index contributed by atoms with van der Waals surface area (Å²) in [5.41, 5.74) is 9.71. The molecule has 3 rings (SSSR count). The summed E-state index contributed by atoms with van der Waals surface area (Å²) in [5.74, 6) is 0.185. The number of aromatic nitrogens is 2. The van der Waals surface area contributed by atoms with Crippen LogP contribution < -0.4 is 11.1 Å². The number of nitrogens with zero attached hydrogens (tertiary/aromatic N) is 2. The molecule has 1 atom stereocenters. The van der Waals surface area contributed by atoms with Crippen molar-refractivity contribution < 1.29 is 13.9 Å². The molecule has 0 aliphatic carbocycles. The van der Waals surface area contributed by atoms with Gasteiger partial charge in [0, 0.05) is 13.2 Å². The van der Waals surface area contributed by atoms with Crippen molar-refractivity contribution in [2.45, 2.75) is 39.9 Å². The molecule has 0 spiro atoms. The Morgan fingerprint density at radius 1 is 1.28 bits per heavy atom. The summed E-state index contributed by atoms with van der Waals surface area (Å²) in [6.45, 7) is 7.68. The molecule has 0 fully saturated rings. The minimum absolute atomic E-state index is 0.214. The van der Waals surface area contributed by atoms with Crippen LogP contribution in [-0.4, -0.2) is 34.7 Å². The first-order valence-electron chi connectivity index (χ1n) is 9.76. The minimum atomic E-state index is -0.451. The zero-order chi connectivity index (χ0) is 21.0. The van der Waals surface area contributed by atoms with Gasteiger partial charge >= 0.3 is 0 Å². The van der Waals surface area contributed by atoms with Crippen molar-refractivity contribution in [2.24, 2.45) is 5.73 Å². The van der Waals surface area contributed by atoms with Crippen LogP contribution in [0.1, 0.15) is 25.2 Å². The number of benzene rings is 2. The van der Waals surface area contributed by atoms with Crippen molar-refractivity contribution in [3.63, 3.8) is 0 Å². The highest BCUT2D eigenvalue weighted by Crippen LogP contribution is 2.27. The van der Waals surface area contributed by atoms with Crippen molar-refractivity contribution in [1.82, 2.24) is 14.9 Å². The van der Waals surface area contributed by atoms with Gasteiger partial charge in [-0.15, -0.1) is 0 Å². The first-order chi connectivity index (χ1) is 13.9. The number of nitrogens with one attached hydrogen (secondary N) is 1. The normalized spacial score (nSPS) is 12.4. The van der Waals surface area contributed by atoms with E-state index in [9.17, 15) is 9.18 Å². The molecule has 7 heteroatoms. The molecule has 0 saturated heterocycles. The van der Waals surface area contributed by atoms with Crippen LogP contribution in [0.15, 0.2) is 36.4 Å². The Morgan fingerprint density at radius 2 is 2.00 bits per heavy atom. The van der Waals surface area contributed by atoms with Gasteiger partial charge in [0.2, 0.25) is 5.91 Å². The lowest BCUT2D eigenvalue weighted by Gasteiger charge is -2.13. The maximum atomic E-state index is 13.6. The third-order valence-electron chi connectivity index (χ3n) is 4.98. The summed E-state index contributed by atoms with van der Waals surface area (Å²) < 4.78 is 21.3. The lowest BCUT2D eigenvalue weighted by Crippen LogP contribution is -2.38. The zero-order valence-electron chi connectivity index (χ0n) is 17.0. The molecule has 0 aliphatic heterocycles. The fraction of sp³-hybridized carbons (Fsp3) is 0.364. The Kier molecular flexibility index (Phi) is 6.61. The smallest absolute Gasteiger partial charge is 0.234 e. The van der Waals surface area contributed by atoms with Gasteiger partial charge in [-0.2, -0.15) is 0 Å². The number of hydrogen-bond acceptors (Lipinski definition) is 4. The van der Waals surface area contributed by atoms with E-state index in [2.05, 4.69) is 16.0 Å². The molecule has 1 aromatic heterocycles. The van der Waals surface area contributed by atoms with E-state index in [0.29, 0.717) is 31.9 Å². The fourth-order valence-corrected chi connectivity index (χ4v) is 3.21. The molecular formula is C22H27FN4O2. The van der Waals surface area contributed by atoms with Gasteiger partial charge in [0.15, 0.2) is 0 Å². The van der Waals surface area contributed by atoms with Crippen LogP contribution in [0, 0.1) is 12.7 Å². The average Bonchev–Trinajstić information content (AvgIpc) is 3.05. The van der Waals surface area contributed by atoms with Gasteiger partial charge in [-0.3, -0.25) is 10.1 Å². The summed E-state index contributed by atoms with van der Waals surface area (Å²) in [4.78, 5) is 16.0. The second-order valence-electron chi connectivity index (χ2n) is 7.05. The number of carbonyl (C=O) groups is 1. The third-order valence-corrected chi connectivity index (χ3v) is 4.98. The molecule has 3 aromatic rings. The van der Waals surface area contributed by atoms with Gasteiger partial charge in [0.05, 0.1) is 30.2 Å². The van der Waals surface area contributed by atoms with E-state index >= 15 is 0 Å². The summed E-state index contributed by atoms with van der Waals surface area (Å²) in [5, 5.41) is 3.11. The molecule has 2 aromatic carbocycles. The molecule has 0 saturated carbocycles. The monoisotopic (exact) mass is 398 g/mol. The first-order valence-corrected chi connectivity index (χ1v) is 9.76. The van der Waals surface area contributed by atoms with E-state index in [1.165, 1.54) is 6.07 Å². The molecule has 0 aliphatic rings. The van der Waals surface area contributed by atoms with E-state index in [0.717, 1.165) is 28.0 Å². The lowest BCUT2D eigenvalue weighted by molar-refractivity contribution is -0.119. The van der Waals surface area contributed by atoms with E-state index in [4.69, 9.17) is 15.5 Å². The second kappa shape index (κ2) is 9.15. The number of carbonyl (C=O) groups excluding carboxylic acids is 1. The van der Waals surface area contributed by atoms with Crippen LogP contribution in [-0.2, 0) is 22.6 Å². The summed E-state index contributed by atoms with van der Waals surface area (Å²) in [6.07, 6.45) is 0. The van der Waals surface area contributed by atoms with Crippen LogP contribution in [0.4, 0.5) is 4.39 Å². The molecule has 154 valence electrons. The number of primary amides is 1. The van der Waals surface area contributed by atoms with E-state index < -0.39 is 11.9 Å². The molecule has 1 amide bonds. The number of fused-ring (bicyclic) bond motifs is 1. The quantitative estimate of drug-likeness (QED) is 0.543. The highest BCUT2D eigenvalue weighted by molar-refractivity contribution is 5.83. The maximum Gasteiger partial charge on any atom is 0.234 e. The van der Waals surface area contributed by atoms with Gasteiger partial charge in [-0.25, -0.2) is 9.37 Å². The fourth-order valence-electron chi connectivity index (χ4n) is 3.21. The minimum Gasteiger partial charge on any atom is -0.380 e. The van der Waals surface area contributed by atoms with Crippen LogP contribution in [0.2, 0.25) is 0 Å². The number of imidazole rings is 1. The van der Waals surface area contributed by atoms with Crippen molar-refractivity contribution in [3.05, 3.63) is 53.6 Å². The van der Waals surface area contributed by atoms with Crippen molar-refractivity contribution in [2.75, 3.05) is 13.2 Å². The maximum absolute atomic E-state index is 13.6. The molecular weight excluding hydrogens is 371 g/mol. The second-order valence-corrected chi connectivity index (χ2v) is 7.05. The van der Waals surface area contributed by atoms with Crippen molar-refractivity contribution in [1.29, 1.82) is 0 Å². The van der Waals surface area contributed by atoms with Gasteiger partial charge in [-0.1, -0.05) is 12.1 Å². The largest absolute Gasteiger partial charge is 0.380 e. The zero-order valence-corrected chi connectivity index (χ0v) is 17.0. The molecule has 0 radical (unpaired) electrons. The van der Waals surface area contributed by atoms with Crippen molar-refractivity contribution in [3.8, 4) is 11.1 Å². The van der Waals surface area contributed by atoms with Gasteiger partial charge < -0.3 is 15.0 Å².